The molecule has 1 aliphatic rings. The van der Waals surface area contributed by atoms with Gasteiger partial charge in [-0.25, -0.2) is 0 Å². The molecular formula is C18H12BrClN2O3. The zero-order valence-corrected chi connectivity index (χ0v) is 15.3. The van der Waals surface area contributed by atoms with Crippen LogP contribution in [-0.4, -0.2) is 17.0 Å². The van der Waals surface area contributed by atoms with Crippen molar-refractivity contribution < 1.29 is 13.9 Å². The molecule has 126 valence electrons. The van der Waals surface area contributed by atoms with Crippen LogP contribution < -0.4 is 9.47 Å². The Morgan fingerprint density at radius 2 is 1.80 bits per heavy atom. The van der Waals surface area contributed by atoms with Crippen LogP contribution >= 0.6 is 27.5 Å². The molecule has 0 bridgehead atoms. The van der Waals surface area contributed by atoms with Gasteiger partial charge in [0, 0.05) is 16.6 Å². The van der Waals surface area contributed by atoms with Crippen molar-refractivity contribution in [1.82, 2.24) is 10.2 Å². The van der Waals surface area contributed by atoms with E-state index in [-0.39, 0.29) is 6.79 Å². The third kappa shape index (κ3) is 3.70. The molecule has 0 aliphatic carbocycles. The van der Waals surface area contributed by atoms with Crippen molar-refractivity contribution in [2.24, 2.45) is 0 Å². The zero-order chi connectivity index (χ0) is 17.2. The first-order chi connectivity index (χ1) is 12.2. The standard InChI is InChI=1S/C18H12BrClN2O3/c19-13-4-1-11(2-5-13)7-18-22-21-17(25-18)6-3-12-8-15-16(9-14(12)20)24-10-23-15/h1-6,8-9H,7,10H2. The number of fused-ring (bicyclic) bond motifs is 1. The van der Waals surface area contributed by atoms with Crippen molar-refractivity contribution >= 4 is 39.7 Å². The summed E-state index contributed by atoms with van der Waals surface area (Å²) in [4.78, 5) is 0. The number of ether oxygens (including phenoxy) is 2. The molecule has 25 heavy (non-hydrogen) atoms. The number of rotatable bonds is 4. The van der Waals surface area contributed by atoms with Gasteiger partial charge in [-0.3, -0.25) is 0 Å². The first kappa shape index (κ1) is 16.2. The maximum Gasteiger partial charge on any atom is 0.240 e. The molecule has 7 heteroatoms. The monoisotopic (exact) mass is 418 g/mol. The predicted molar refractivity (Wildman–Crippen MR) is 97.7 cm³/mol. The van der Waals surface area contributed by atoms with Crippen LogP contribution in [0.25, 0.3) is 12.2 Å². The molecule has 0 fully saturated rings. The molecule has 0 N–H and O–H groups in total. The Bertz CT molecular complexity index is 938. The summed E-state index contributed by atoms with van der Waals surface area (Å²) in [6, 6.07) is 11.5. The Kier molecular flexibility index (Phi) is 4.46. The number of hydrogen-bond donors (Lipinski definition) is 0. The third-order valence-corrected chi connectivity index (χ3v) is 4.50. The summed E-state index contributed by atoms with van der Waals surface area (Å²) >= 11 is 9.66. The molecule has 2 aromatic carbocycles. The van der Waals surface area contributed by atoms with E-state index in [0.717, 1.165) is 15.6 Å². The van der Waals surface area contributed by atoms with Gasteiger partial charge in [-0.2, -0.15) is 0 Å². The van der Waals surface area contributed by atoms with Gasteiger partial charge in [-0.1, -0.05) is 39.7 Å². The fraction of sp³-hybridized carbons (Fsp3) is 0.111. The van der Waals surface area contributed by atoms with Crippen LogP contribution in [0.15, 0.2) is 45.3 Å². The van der Waals surface area contributed by atoms with Gasteiger partial charge in [0.25, 0.3) is 0 Å². The van der Waals surface area contributed by atoms with Crippen molar-refractivity contribution in [3.63, 3.8) is 0 Å². The Morgan fingerprint density at radius 1 is 1.04 bits per heavy atom. The summed E-state index contributed by atoms with van der Waals surface area (Å²) in [7, 11) is 0. The lowest BCUT2D eigenvalue weighted by atomic mass is 10.1. The molecule has 2 heterocycles. The zero-order valence-electron chi connectivity index (χ0n) is 12.9. The average molecular weight is 420 g/mol. The molecule has 1 aromatic heterocycles. The number of benzene rings is 2. The van der Waals surface area contributed by atoms with Crippen molar-refractivity contribution in [2.75, 3.05) is 6.79 Å². The lowest BCUT2D eigenvalue weighted by molar-refractivity contribution is 0.174. The van der Waals surface area contributed by atoms with Crippen LogP contribution in [-0.2, 0) is 6.42 Å². The highest BCUT2D eigenvalue weighted by atomic mass is 79.9. The van der Waals surface area contributed by atoms with Crippen LogP contribution in [0.1, 0.15) is 22.9 Å². The highest BCUT2D eigenvalue weighted by molar-refractivity contribution is 9.10. The van der Waals surface area contributed by atoms with Crippen LogP contribution in [0.5, 0.6) is 11.5 Å². The van der Waals surface area contributed by atoms with Crippen molar-refractivity contribution in [2.45, 2.75) is 6.42 Å². The summed E-state index contributed by atoms with van der Waals surface area (Å²) < 4.78 is 17.3. The second-order valence-corrected chi connectivity index (χ2v) is 6.72. The maximum atomic E-state index is 6.24. The molecule has 4 rings (SSSR count). The van der Waals surface area contributed by atoms with E-state index >= 15 is 0 Å². The molecule has 0 unspecified atom stereocenters. The van der Waals surface area contributed by atoms with Crippen LogP contribution in [0.4, 0.5) is 0 Å². The molecule has 0 saturated heterocycles. The minimum Gasteiger partial charge on any atom is -0.454 e. The molecule has 5 nitrogen and oxygen atoms in total. The Balaban J connectivity index is 1.49. The van der Waals surface area contributed by atoms with E-state index in [0.29, 0.717) is 34.7 Å². The summed E-state index contributed by atoms with van der Waals surface area (Å²) in [6.45, 7) is 0.210. The molecule has 0 spiro atoms. The second kappa shape index (κ2) is 6.90. The topological polar surface area (TPSA) is 57.4 Å². The van der Waals surface area contributed by atoms with E-state index < -0.39 is 0 Å². The minimum atomic E-state index is 0.210. The van der Waals surface area contributed by atoms with Gasteiger partial charge in [0.1, 0.15) is 0 Å². The molecule has 0 radical (unpaired) electrons. The van der Waals surface area contributed by atoms with E-state index in [4.69, 9.17) is 25.5 Å². The Labute approximate surface area is 157 Å². The number of nitrogens with zero attached hydrogens (tertiary/aromatic N) is 2. The van der Waals surface area contributed by atoms with Crippen LogP contribution in [0, 0.1) is 0 Å². The van der Waals surface area contributed by atoms with Crippen molar-refractivity contribution in [1.29, 1.82) is 0 Å². The Hall–Kier alpha value is -2.31. The van der Waals surface area contributed by atoms with E-state index in [1.165, 1.54) is 0 Å². The first-order valence-electron chi connectivity index (χ1n) is 7.51. The van der Waals surface area contributed by atoms with Gasteiger partial charge >= 0.3 is 0 Å². The molecule has 0 amide bonds. The minimum absolute atomic E-state index is 0.210. The summed E-state index contributed by atoms with van der Waals surface area (Å²) in [5, 5.41) is 8.67. The van der Waals surface area contributed by atoms with Crippen molar-refractivity contribution in [3.8, 4) is 11.5 Å². The van der Waals surface area contributed by atoms with Gasteiger partial charge in [0.05, 0.1) is 11.4 Å². The Morgan fingerprint density at radius 3 is 2.60 bits per heavy atom. The lowest BCUT2D eigenvalue weighted by Crippen LogP contribution is -1.92. The average Bonchev–Trinajstić information content (AvgIpc) is 3.23. The fourth-order valence-corrected chi connectivity index (χ4v) is 2.88. The quantitative estimate of drug-likeness (QED) is 0.597. The highest BCUT2D eigenvalue weighted by Crippen LogP contribution is 2.37. The van der Waals surface area contributed by atoms with Gasteiger partial charge in [0.15, 0.2) is 11.5 Å². The summed E-state index contributed by atoms with van der Waals surface area (Å²) in [5.74, 6) is 2.29. The van der Waals surface area contributed by atoms with E-state index in [1.807, 2.05) is 30.3 Å². The van der Waals surface area contributed by atoms with Crippen LogP contribution in [0.3, 0.4) is 0 Å². The molecule has 1 aliphatic heterocycles. The molecule has 3 aromatic rings. The number of halogens is 2. The summed E-state index contributed by atoms with van der Waals surface area (Å²) in [6.07, 6.45) is 4.11. The number of aromatic nitrogens is 2. The van der Waals surface area contributed by atoms with Gasteiger partial charge in [-0.15, -0.1) is 10.2 Å². The smallest absolute Gasteiger partial charge is 0.240 e. The van der Waals surface area contributed by atoms with Crippen molar-refractivity contribution in [3.05, 3.63) is 68.8 Å². The first-order valence-corrected chi connectivity index (χ1v) is 8.68. The lowest BCUT2D eigenvalue weighted by Gasteiger charge is -2.00. The number of hydrogen-bond acceptors (Lipinski definition) is 5. The molecule has 0 atom stereocenters. The largest absolute Gasteiger partial charge is 0.454 e. The van der Waals surface area contributed by atoms with Gasteiger partial charge < -0.3 is 13.9 Å². The normalized spacial score (nSPS) is 12.9. The van der Waals surface area contributed by atoms with Gasteiger partial charge in [0.2, 0.25) is 18.6 Å². The third-order valence-electron chi connectivity index (χ3n) is 3.65. The SMILES string of the molecule is Clc1cc2c(cc1C=Cc1nnc(Cc3ccc(Br)cc3)o1)OCO2. The highest BCUT2D eigenvalue weighted by Gasteiger charge is 2.15. The van der Waals surface area contributed by atoms with E-state index in [1.54, 1.807) is 18.2 Å². The van der Waals surface area contributed by atoms with E-state index in [2.05, 4.69) is 26.1 Å². The van der Waals surface area contributed by atoms with Gasteiger partial charge in [-0.05, 0) is 35.4 Å². The second-order valence-electron chi connectivity index (χ2n) is 5.40. The summed E-state index contributed by atoms with van der Waals surface area (Å²) in [5.41, 5.74) is 1.89. The van der Waals surface area contributed by atoms with Crippen LogP contribution in [0.2, 0.25) is 5.02 Å². The maximum absolute atomic E-state index is 6.24. The molecular weight excluding hydrogens is 408 g/mol. The van der Waals surface area contributed by atoms with E-state index in [9.17, 15) is 0 Å². The predicted octanol–water partition coefficient (Wildman–Crippen LogP) is 4.98. The molecule has 0 saturated carbocycles. The fourth-order valence-electron chi connectivity index (χ4n) is 2.40.